The number of anilines is 1. The van der Waals surface area contributed by atoms with Gasteiger partial charge < -0.3 is 19.4 Å². The SMILES string of the molecule is O=C(Nc1nccs1)[C@H]1[C@H]2C(=O)N(Cc3ccco3)C[C@]23C=C[C@H]1O3. The van der Waals surface area contributed by atoms with E-state index < -0.39 is 17.4 Å². The monoisotopic (exact) mass is 357 g/mol. The Morgan fingerprint density at radius 2 is 2.44 bits per heavy atom. The van der Waals surface area contributed by atoms with Gasteiger partial charge in [-0.25, -0.2) is 4.98 Å². The number of nitrogens with zero attached hydrogens (tertiary/aromatic N) is 2. The molecule has 3 aliphatic heterocycles. The zero-order valence-electron chi connectivity index (χ0n) is 13.1. The Labute approximate surface area is 147 Å². The molecule has 2 aromatic rings. The van der Waals surface area contributed by atoms with Gasteiger partial charge in [-0.3, -0.25) is 9.59 Å². The number of hydrogen-bond donors (Lipinski definition) is 1. The molecule has 5 rings (SSSR count). The standard InChI is InChI=1S/C17H15N3O4S/c21-14(19-16-18-5-7-25-16)12-11-3-4-17(24-11)9-20(15(22)13(12)17)8-10-2-1-6-23-10/h1-7,11-13H,8-9H2,(H,18,19,21)/t11-,12-,13+,17-/m1/s1. The maximum atomic E-state index is 13.0. The van der Waals surface area contributed by atoms with E-state index >= 15 is 0 Å². The lowest BCUT2D eigenvalue weighted by molar-refractivity contribution is -0.136. The lowest BCUT2D eigenvalue weighted by Crippen LogP contribution is -2.41. The minimum Gasteiger partial charge on any atom is -0.467 e. The van der Waals surface area contributed by atoms with Crippen LogP contribution in [0, 0.1) is 11.8 Å². The summed E-state index contributed by atoms with van der Waals surface area (Å²) in [6.45, 7) is 0.817. The topological polar surface area (TPSA) is 84.7 Å². The molecule has 128 valence electrons. The van der Waals surface area contributed by atoms with Gasteiger partial charge in [0.15, 0.2) is 5.13 Å². The van der Waals surface area contributed by atoms with Crippen molar-refractivity contribution in [1.29, 1.82) is 0 Å². The molecule has 0 aliphatic carbocycles. The van der Waals surface area contributed by atoms with Crippen molar-refractivity contribution in [2.45, 2.75) is 18.2 Å². The van der Waals surface area contributed by atoms with E-state index in [1.807, 2.05) is 18.2 Å². The zero-order chi connectivity index (χ0) is 17.0. The van der Waals surface area contributed by atoms with Gasteiger partial charge in [0.05, 0.1) is 37.3 Å². The number of aromatic nitrogens is 1. The third-order valence-electron chi connectivity index (χ3n) is 5.07. The van der Waals surface area contributed by atoms with E-state index in [0.29, 0.717) is 24.0 Å². The van der Waals surface area contributed by atoms with Crippen molar-refractivity contribution >= 4 is 28.3 Å². The van der Waals surface area contributed by atoms with E-state index in [-0.39, 0.29) is 17.9 Å². The molecule has 1 N–H and O–H groups in total. The van der Waals surface area contributed by atoms with Gasteiger partial charge >= 0.3 is 0 Å². The van der Waals surface area contributed by atoms with Crippen LogP contribution in [0.1, 0.15) is 5.76 Å². The molecule has 2 aromatic heterocycles. The van der Waals surface area contributed by atoms with Crippen LogP contribution in [-0.4, -0.2) is 39.9 Å². The molecule has 4 atom stereocenters. The molecule has 5 heterocycles. The van der Waals surface area contributed by atoms with Crippen LogP contribution in [-0.2, 0) is 20.9 Å². The lowest BCUT2D eigenvalue weighted by atomic mass is 9.77. The first-order valence-electron chi connectivity index (χ1n) is 8.05. The van der Waals surface area contributed by atoms with Gasteiger partial charge in [-0.1, -0.05) is 12.2 Å². The molecule has 25 heavy (non-hydrogen) atoms. The van der Waals surface area contributed by atoms with E-state index in [1.165, 1.54) is 11.3 Å². The van der Waals surface area contributed by atoms with Crippen LogP contribution in [0.15, 0.2) is 46.5 Å². The number of carbonyl (C=O) groups is 2. The lowest BCUT2D eigenvalue weighted by Gasteiger charge is -2.23. The highest BCUT2D eigenvalue weighted by Crippen LogP contribution is 2.52. The predicted octanol–water partition coefficient (Wildman–Crippen LogP) is 1.66. The highest BCUT2D eigenvalue weighted by atomic mass is 32.1. The Bertz CT molecular complexity index is 847. The molecule has 2 bridgehead atoms. The summed E-state index contributed by atoms with van der Waals surface area (Å²) in [5.41, 5.74) is -0.709. The van der Waals surface area contributed by atoms with Crippen molar-refractivity contribution in [2.24, 2.45) is 11.8 Å². The number of furan rings is 1. The highest BCUT2D eigenvalue weighted by molar-refractivity contribution is 7.13. The largest absolute Gasteiger partial charge is 0.467 e. The van der Waals surface area contributed by atoms with E-state index in [4.69, 9.17) is 9.15 Å². The van der Waals surface area contributed by atoms with Crippen molar-refractivity contribution in [3.8, 4) is 0 Å². The summed E-state index contributed by atoms with van der Waals surface area (Å²) in [6, 6.07) is 3.63. The molecule has 0 unspecified atom stereocenters. The molecule has 0 saturated carbocycles. The number of rotatable bonds is 4. The summed E-state index contributed by atoms with van der Waals surface area (Å²) >= 11 is 1.35. The van der Waals surface area contributed by atoms with Crippen molar-refractivity contribution in [2.75, 3.05) is 11.9 Å². The summed E-state index contributed by atoms with van der Waals surface area (Å²) in [5.74, 6) is -0.612. The molecular formula is C17H15N3O4S. The van der Waals surface area contributed by atoms with E-state index in [1.54, 1.807) is 28.8 Å². The second-order valence-electron chi connectivity index (χ2n) is 6.50. The molecule has 8 heteroatoms. The average Bonchev–Trinajstić information content (AvgIpc) is 3.37. The molecule has 2 saturated heterocycles. The van der Waals surface area contributed by atoms with Gasteiger partial charge in [-0.05, 0) is 12.1 Å². The fourth-order valence-electron chi connectivity index (χ4n) is 4.08. The van der Waals surface area contributed by atoms with Crippen LogP contribution in [0.5, 0.6) is 0 Å². The van der Waals surface area contributed by atoms with Gasteiger partial charge in [-0.2, -0.15) is 0 Å². The fraction of sp³-hybridized carbons (Fsp3) is 0.353. The Morgan fingerprint density at radius 3 is 3.20 bits per heavy atom. The van der Waals surface area contributed by atoms with Gasteiger partial charge in [0.2, 0.25) is 11.8 Å². The van der Waals surface area contributed by atoms with Crippen molar-refractivity contribution in [1.82, 2.24) is 9.88 Å². The number of nitrogens with one attached hydrogen (secondary N) is 1. The van der Waals surface area contributed by atoms with Crippen LogP contribution in [0.25, 0.3) is 0 Å². The molecule has 0 radical (unpaired) electrons. The summed E-state index contributed by atoms with van der Waals surface area (Å²) in [5, 5.41) is 5.13. The van der Waals surface area contributed by atoms with Crippen LogP contribution < -0.4 is 5.32 Å². The van der Waals surface area contributed by atoms with Gasteiger partial charge in [0.1, 0.15) is 11.4 Å². The summed E-state index contributed by atoms with van der Waals surface area (Å²) in [6.07, 6.45) is 6.69. The maximum absolute atomic E-state index is 13.0. The molecule has 0 aromatic carbocycles. The van der Waals surface area contributed by atoms with E-state index in [9.17, 15) is 9.59 Å². The Hall–Kier alpha value is -2.45. The van der Waals surface area contributed by atoms with E-state index in [2.05, 4.69) is 10.3 Å². The normalized spacial score (nSPS) is 32.4. The van der Waals surface area contributed by atoms with Crippen molar-refractivity contribution in [3.63, 3.8) is 0 Å². The third-order valence-corrected chi connectivity index (χ3v) is 5.76. The van der Waals surface area contributed by atoms with Crippen LogP contribution in [0.2, 0.25) is 0 Å². The van der Waals surface area contributed by atoms with Gasteiger partial charge in [0.25, 0.3) is 0 Å². The Balaban J connectivity index is 1.41. The molecule has 1 spiro atoms. The predicted molar refractivity (Wildman–Crippen MR) is 88.6 cm³/mol. The molecular weight excluding hydrogens is 342 g/mol. The summed E-state index contributed by atoms with van der Waals surface area (Å²) < 4.78 is 11.4. The first kappa shape index (κ1) is 14.9. The number of carbonyl (C=O) groups excluding carboxylic acids is 2. The summed E-state index contributed by atoms with van der Waals surface area (Å²) in [7, 11) is 0. The van der Waals surface area contributed by atoms with Gasteiger partial charge in [0, 0.05) is 11.6 Å². The smallest absolute Gasteiger partial charge is 0.233 e. The van der Waals surface area contributed by atoms with Crippen LogP contribution >= 0.6 is 11.3 Å². The Kier molecular flexibility index (Phi) is 3.13. The number of fused-ring (bicyclic) bond motifs is 1. The second kappa shape index (κ2) is 5.27. The molecule has 3 aliphatic rings. The fourth-order valence-corrected chi connectivity index (χ4v) is 4.61. The van der Waals surface area contributed by atoms with Crippen LogP contribution in [0.4, 0.5) is 5.13 Å². The highest BCUT2D eigenvalue weighted by Gasteiger charge is 2.66. The molecule has 7 nitrogen and oxygen atoms in total. The number of ether oxygens (including phenoxy) is 1. The number of amides is 2. The minimum absolute atomic E-state index is 0.0671. The summed E-state index contributed by atoms with van der Waals surface area (Å²) in [4.78, 5) is 31.5. The molecule has 2 amide bonds. The quantitative estimate of drug-likeness (QED) is 0.841. The van der Waals surface area contributed by atoms with Crippen LogP contribution in [0.3, 0.4) is 0 Å². The number of hydrogen-bond acceptors (Lipinski definition) is 6. The third kappa shape index (κ3) is 2.17. The van der Waals surface area contributed by atoms with Crippen molar-refractivity contribution in [3.05, 3.63) is 47.9 Å². The second-order valence-corrected chi connectivity index (χ2v) is 7.39. The first-order valence-corrected chi connectivity index (χ1v) is 8.93. The Morgan fingerprint density at radius 1 is 1.52 bits per heavy atom. The first-order chi connectivity index (χ1) is 12.2. The number of thiazole rings is 1. The van der Waals surface area contributed by atoms with Gasteiger partial charge in [-0.15, -0.1) is 11.3 Å². The van der Waals surface area contributed by atoms with E-state index in [0.717, 1.165) is 0 Å². The van der Waals surface area contributed by atoms with Crippen molar-refractivity contribution < 1.29 is 18.7 Å². The zero-order valence-corrected chi connectivity index (χ0v) is 13.9. The minimum atomic E-state index is -0.709. The number of likely N-dealkylation sites (tertiary alicyclic amines) is 1. The maximum Gasteiger partial charge on any atom is 0.233 e. The average molecular weight is 357 g/mol. The molecule has 2 fully saturated rings.